The predicted octanol–water partition coefficient (Wildman–Crippen LogP) is 0.541. The standard InChI is InChI=1S/C6H8N6S2/c1-3-4(14-11-8-3)5-9-10-6(13-2)12(5)7/h7H2,1-2H3. The van der Waals surface area contributed by atoms with Gasteiger partial charge in [-0.15, -0.1) is 15.3 Å². The molecule has 0 radical (unpaired) electrons. The van der Waals surface area contributed by atoms with Crippen LogP contribution < -0.4 is 5.84 Å². The maximum absolute atomic E-state index is 5.80. The van der Waals surface area contributed by atoms with Gasteiger partial charge in [0.2, 0.25) is 5.16 Å². The second-order valence-corrected chi connectivity index (χ2v) is 4.10. The molecule has 2 aromatic heterocycles. The highest BCUT2D eigenvalue weighted by atomic mass is 32.2. The topological polar surface area (TPSA) is 82.5 Å². The summed E-state index contributed by atoms with van der Waals surface area (Å²) in [5.74, 6) is 6.41. The fourth-order valence-corrected chi connectivity index (χ4v) is 2.05. The summed E-state index contributed by atoms with van der Waals surface area (Å²) in [6.45, 7) is 1.87. The fourth-order valence-electron chi connectivity index (χ4n) is 1.01. The van der Waals surface area contributed by atoms with E-state index in [9.17, 15) is 0 Å². The summed E-state index contributed by atoms with van der Waals surface area (Å²) in [5, 5.41) is 12.5. The van der Waals surface area contributed by atoms with E-state index >= 15 is 0 Å². The van der Waals surface area contributed by atoms with Crippen LogP contribution in [0.2, 0.25) is 0 Å². The normalized spacial score (nSPS) is 10.7. The van der Waals surface area contributed by atoms with Crippen molar-refractivity contribution in [2.45, 2.75) is 12.1 Å². The van der Waals surface area contributed by atoms with Crippen LogP contribution in [0, 0.1) is 6.92 Å². The molecule has 0 aromatic carbocycles. The molecule has 2 N–H and O–H groups in total. The van der Waals surface area contributed by atoms with Crippen molar-refractivity contribution < 1.29 is 0 Å². The van der Waals surface area contributed by atoms with Gasteiger partial charge >= 0.3 is 0 Å². The Hall–Kier alpha value is -1.15. The first-order chi connectivity index (χ1) is 6.74. The molecule has 0 aliphatic rings. The van der Waals surface area contributed by atoms with E-state index in [0.717, 1.165) is 10.6 Å². The van der Waals surface area contributed by atoms with E-state index in [1.54, 1.807) is 0 Å². The van der Waals surface area contributed by atoms with Crippen LogP contribution in [0.4, 0.5) is 0 Å². The van der Waals surface area contributed by atoms with E-state index in [1.807, 2.05) is 13.2 Å². The molecule has 0 spiro atoms. The Kier molecular flexibility index (Phi) is 2.38. The molecule has 2 rings (SSSR count). The largest absolute Gasteiger partial charge is 0.335 e. The Labute approximate surface area is 88.7 Å². The fraction of sp³-hybridized carbons (Fsp3) is 0.333. The highest BCUT2D eigenvalue weighted by molar-refractivity contribution is 7.98. The third-order valence-electron chi connectivity index (χ3n) is 1.70. The molecule has 0 saturated carbocycles. The lowest BCUT2D eigenvalue weighted by Gasteiger charge is -1.98. The van der Waals surface area contributed by atoms with Crippen LogP contribution in [-0.2, 0) is 0 Å². The van der Waals surface area contributed by atoms with Crippen LogP contribution in [0.15, 0.2) is 5.16 Å². The van der Waals surface area contributed by atoms with Gasteiger partial charge in [-0.05, 0) is 24.7 Å². The van der Waals surface area contributed by atoms with Gasteiger partial charge in [0.05, 0.1) is 5.69 Å². The van der Waals surface area contributed by atoms with Crippen molar-refractivity contribution in [1.29, 1.82) is 0 Å². The summed E-state index contributed by atoms with van der Waals surface area (Å²) >= 11 is 2.71. The monoisotopic (exact) mass is 228 g/mol. The van der Waals surface area contributed by atoms with Gasteiger partial charge in [-0.2, -0.15) is 0 Å². The number of thioether (sulfide) groups is 1. The first-order valence-electron chi connectivity index (χ1n) is 3.78. The van der Waals surface area contributed by atoms with Gasteiger partial charge in [-0.25, -0.2) is 4.68 Å². The van der Waals surface area contributed by atoms with E-state index in [1.165, 1.54) is 28.0 Å². The number of nitrogen functional groups attached to an aromatic ring is 1. The van der Waals surface area contributed by atoms with Crippen molar-refractivity contribution in [3.8, 4) is 10.7 Å². The minimum absolute atomic E-state index is 0.613. The van der Waals surface area contributed by atoms with Crippen molar-refractivity contribution in [1.82, 2.24) is 24.5 Å². The van der Waals surface area contributed by atoms with Crippen LogP contribution in [-0.4, -0.2) is 30.7 Å². The Morgan fingerprint density at radius 1 is 1.36 bits per heavy atom. The van der Waals surface area contributed by atoms with E-state index in [4.69, 9.17) is 5.84 Å². The molecule has 0 aliphatic carbocycles. The average molecular weight is 228 g/mol. The molecule has 8 heteroatoms. The lowest BCUT2D eigenvalue weighted by molar-refractivity contribution is 0.852. The van der Waals surface area contributed by atoms with Gasteiger partial charge in [-0.1, -0.05) is 16.3 Å². The molecule has 0 saturated heterocycles. The highest BCUT2D eigenvalue weighted by Crippen LogP contribution is 2.24. The summed E-state index contributed by atoms with van der Waals surface area (Å²) in [4.78, 5) is 0.861. The molecule has 2 aromatic rings. The molecule has 0 bridgehead atoms. The Morgan fingerprint density at radius 3 is 2.64 bits per heavy atom. The van der Waals surface area contributed by atoms with Crippen molar-refractivity contribution in [3.63, 3.8) is 0 Å². The molecule has 0 aliphatic heterocycles. The van der Waals surface area contributed by atoms with E-state index in [0.29, 0.717) is 11.0 Å². The zero-order chi connectivity index (χ0) is 10.1. The molecule has 2 heterocycles. The number of hydrogen-bond acceptors (Lipinski definition) is 7. The number of aryl methyl sites for hydroxylation is 1. The number of nitrogens with zero attached hydrogens (tertiary/aromatic N) is 5. The number of aromatic nitrogens is 5. The molecule has 74 valence electrons. The minimum atomic E-state index is 0.613. The van der Waals surface area contributed by atoms with Gasteiger partial charge in [0.15, 0.2) is 5.82 Å². The number of hydrogen-bond donors (Lipinski definition) is 1. The maximum atomic E-state index is 5.80. The van der Waals surface area contributed by atoms with Crippen molar-refractivity contribution in [3.05, 3.63) is 5.69 Å². The van der Waals surface area contributed by atoms with E-state index in [-0.39, 0.29) is 0 Å². The Morgan fingerprint density at radius 2 is 2.14 bits per heavy atom. The second-order valence-electron chi connectivity index (χ2n) is 2.57. The van der Waals surface area contributed by atoms with Crippen molar-refractivity contribution in [2.24, 2.45) is 0 Å². The van der Waals surface area contributed by atoms with Crippen LogP contribution in [0.1, 0.15) is 5.69 Å². The number of rotatable bonds is 2. The lowest BCUT2D eigenvalue weighted by Crippen LogP contribution is -2.11. The molecule has 6 nitrogen and oxygen atoms in total. The van der Waals surface area contributed by atoms with Crippen molar-refractivity contribution in [2.75, 3.05) is 12.1 Å². The Bertz CT molecular complexity index is 447. The van der Waals surface area contributed by atoms with E-state index in [2.05, 4.69) is 19.8 Å². The zero-order valence-electron chi connectivity index (χ0n) is 7.63. The molecule has 0 fully saturated rings. The first-order valence-corrected chi connectivity index (χ1v) is 5.77. The summed E-state index contributed by atoms with van der Waals surface area (Å²) in [6.07, 6.45) is 1.90. The first kappa shape index (κ1) is 9.41. The van der Waals surface area contributed by atoms with Crippen LogP contribution in [0.25, 0.3) is 10.7 Å². The Balaban J connectivity index is 2.52. The SMILES string of the molecule is CSc1nnc(-c2snnc2C)n1N. The summed E-state index contributed by atoms with van der Waals surface area (Å²) in [7, 11) is 0. The van der Waals surface area contributed by atoms with Gasteiger partial charge in [-0.3, -0.25) is 0 Å². The van der Waals surface area contributed by atoms with Gasteiger partial charge in [0.25, 0.3) is 0 Å². The van der Waals surface area contributed by atoms with Crippen LogP contribution in [0.3, 0.4) is 0 Å². The average Bonchev–Trinajstić information content (AvgIpc) is 2.72. The van der Waals surface area contributed by atoms with Gasteiger partial charge in [0, 0.05) is 0 Å². The third kappa shape index (κ3) is 1.36. The molecular formula is C6H8N6S2. The second kappa shape index (κ2) is 3.54. The number of nitrogens with two attached hydrogens (primary N) is 1. The van der Waals surface area contributed by atoms with Gasteiger partial charge < -0.3 is 5.84 Å². The summed E-state index contributed by atoms with van der Waals surface area (Å²) in [5.41, 5.74) is 0.821. The minimum Gasteiger partial charge on any atom is -0.335 e. The third-order valence-corrected chi connectivity index (χ3v) is 3.17. The summed E-state index contributed by atoms with van der Waals surface area (Å²) < 4.78 is 5.27. The van der Waals surface area contributed by atoms with Crippen molar-refractivity contribution >= 4 is 23.3 Å². The maximum Gasteiger partial charge on any atom is 0.209 e. The van der Waals surface area contributed by atoms with Crippen LogP contribution >= 0.6 is 23.3 Å². The van der Waals surface area contributed by atoms with Gasteiger partial charge in [0.1, 0.15) is 4.88 Å². The highest BCUT2D eigenvalue weighted by Gasteiger charge is 2.15. The lowest BCUT2D eigenvalue weighted by atomic mass is 10.4. The molecule has 0 unspecified atom stereocenters. The smallest absolute Gasteiger partial charge is 0.209 e. The van der Waals surface area contributed by atoms with Crippen LogP contribution in [0.5, 0.6) is 0 Å². The summed E-state index contributed by atoms with van der Waals surface area (Å²) in [6, 6.07) is 0. The predicted molar refractivity (Wildman–Crippen MR) is 55.6 cm³/mol. The molecule has 0 amide bonds. The van der Waals surface area contributed by atoms with E-state index < -0.39 is 0 Å². The molecule has 0 atom stereocenters. The zero-order valence-corrected chi connectivity index (χ0v) is 9.26. The molecular weight excluding hydrogens is 220 g/mol. The quantitative estimate of drug-likeness (QED) is 0.596. The molecule has 14 heavy (non-hydrogen) atoms.